The lowest BCUT2D eigenvalue weighted by Gasteiger charge is -2.19. The van der Waals surface area contributed by atoms with E-state index in [0.717, 1.165) is 0 Å². The Labute approximate surface area is 108 Å². The Kier molecular flexibility index (Phi) is 3.89. The number of methoxy groups -OCH3 is 1. The molecule has 0 aromatic rings. The van der Waals surface area contributed by atoms with Crippen molar-refractivity contribution >= 4 is 11.9 Å². The standard InChI is InChI=1S/C14H22O4/c1-13(2,3)18-12(16)11-9(14(11,4)5)7-8-10(15)17-6/h7-9,11H,1-6H3/b8-7+/t9-,11+/m1/s1. The van der Waals surface area contributed by atoms with Gasteiger partial charge in [-0.2, -0.15) is 0 Å². The maximum absolute atomic E-state index is 12.0. The molecule has 1 aliphatic carbocycles. The van der Waals surface area contributed by atoms with Gasteiger partial charge in [0.25, 0.3) is 0 Å². The van der Waals surface area contributed by atoms with Crippen molar-refractivity contribution < 1.29 is 19.1 Å². The van der Waals surface area contributed by atoms with Gasteiger partial charge in [0.15, 0.2) is 0 Å². The SMILES string of the molecule is COC(=O)/C=C/[C@@H]1[C@@H](C(=O)OC(C)(C)C)C1(C)C. The second kappa shape index (κ2) is 4.75. The lowest BCUT2D eigenvalue weighted by molar-refractivity contribution is -0.157. The fourth-order valence-electron chi connectivity index (χ4n) is 2.10. The van der Waals surface area contributed by atoms with Crippen LogP contribution in [0.4, 0.5) is 0 Å². The van der Waals surface area contributed by atoms with Crippen LogP contribution in [0.15, 0.2) is 12.2 Å². The van der Waals surface area contributed by atoms with Gasteiger partial charge >= 0.3 is 11.9 Å². The molecule has 0 aromatic heterocycles. The molecule has 0 radical (unpaired) electrons. The van der Waals surface area contributed by atoms with Crippen LogP contribution in [0.3, 0.4) is 0 Å². The third kappa shape index (κ3) is 3.34. The molecule has 0 amide bonds. The van der Waals surface area contributed by atoms with Crippen molar-refractivity contribution in [3.05, 3.63) is 12.2 Å². The first-order valence-corrected chi connectivity index (χ1v) is 6.08. The summed E-state index contributed by atoms with van der Waals surface area (Å²) in [5.41, 5.74) is -0.640. The van der Waals surface area contributed by atoms with Gasteiger partial charge in [0.2, 0.25) is 0 Å². The van der Waals surface area contributed by atoms with Gasteiger partial charge in [0, 0.05) is 6.08 Å². The second-order valence-electron chi connectivity index (χ2n) is 6.24. The predicted molar refractivity (Wildman–Crippen MR) is 67.8 cm³/mol. The average Bonchev–Trinajstić information content (AvgIpc) is 2.74. The van der Waals surface area contributed by atoms with Crippen molar-refractivity contribution in [2.24, 2.45) is 17.3 Å². The topological polar surface area (TPSA) is 52.6 Å². The molecule has 0 saturated heterocycles. The number of hydrogen-bond acceptors (Lipinski definition) is 4. The molecule has 0 N–H and O–H groups in total. The Balaban J connectivity index is 2.66. The summed E-state index contributed by atoms with van der Waals surface area (Å²) in [7, 11) is 1.33. The van der Waals surface area contributed by atoms with E-state index >= 15 is 0 Å². The third-order valence-electron chi connectivity index (χ3n) is 3.21. The largest absolute Gasteiger partial charge is 0.466 e. The van der Waals surface area contributed by atoms with Crippen molar-refractivity contribution in [1.82, 2.24) is 0 Å². The summed E-state index contributed by atoms with van der Waals surface area (Å²) in [5.74, 6) is -0.753. The summed E-state index contributed by atoms with van der Waals surface area (Å²) in [6.45, 7) is 9.53. The third-order valence-corrected chi connectivity index (χ3v) is 3.21. The van der Waals surface area contributed by atoms with E-state index in [1.54, 1.807) is 6.08 Å². The zero-order valence-corrected chi connectivity index (χ0v) is 11.9. The summed E-state index contributed by atoms with van der Waals surface area (Å²) >= 11 is 0. The van der Waals surface area contributed by atoms with Crippen LogP contribution in [-0.4, -0.2) is 24.6 Å². The summed E-state index contributed by atoms with van der Waals surface area (Å²) in [5, 5.41) is 0. The van der Waals surface area contributed by atoms with Gasteiger partial charge in [-0.3, -0.25) is 4.79 Å². The minimum absolute atomic E-state index is 0.0337. The van der Waals surface area contributed by atoms with E-state index in [2.05, 4.69) is 4.74 Å². The lowest BCUT2D eigenvalue weighted by Crippen LogP contribution is -2.26. The van der Waals surface area contributed by atoms with Gasteiger partial charge in [0.1, 0.15) is 5.60 Å². The molecule has 0 bridgehead atoms. The van der Waals surface area contributed by atoms with Crippen molar-refractivity contribution in [3.63, 3.8) is 0 Å². The summed E-state index contributed by atoms with van der Waals surface area (Å²) in [6.07, 6.45) is 3.11. The Morgan fingerprint density at radius 3 is 2.22 bits per heavy atom. The van der Waals surface area contributed by atoms with Crippen LogP contribution in [-0.2, 0) is 19.1 Å². The Morgan fingerprint density at radius 2 is 1.78 bits per heavy atom. The summed E-state index contributed by atoms with van der Waals surface area (Å²) in [4.78, 5) is 23.0. The first-order valence-electron chi connectivity index (χ1n) is 6.08. The van der Waals surface area contributed by atoms with E-state index in [0.29, 0.717) is 0 Å². The number of allylic oxidation sites excluding steroid dienone is 1. The first kappa shape index (κ1) is 14.7. The van der Waals surface area contributed by atoms with Crippen molar-refractivity contribution in [2.75, 3.05) is 7.11 Å². The zero-order valence-electron chi connectivity index (χ0n) is 11.9. The molecule has 4 nitrogen and oxygen atoms in total. The van der Waals surface area contributed by atoms with E-state index in [-0.39, 0.29) is 23.2 Å². The number of ether oxygens (including phenoxy) is 2. The molecule has 1 rings (SSSR count). The minimum atomic E-state index is -0.480. The van der Waals surface area contributed by atoms with Crippen LogP contribution in [0.1, 0.15) is 34.6 Å². The highest BCUT2D eigenvalue weighted by Gasteiger charge is 2.61. The maximum Gasteiger partial charge on any atom is 0.330 e. The smallest absolute Gasteiger partial charge is 0.330 e. The minimum Gasteiger partial charge on any atom is -0.466 e. The van der Waals surface area contributed by atoms with E-state index in [1.165, 1.54) is 13.2 Å². The molecule has 18 heavy (non-hydrogen) atoms. The summed E-state index contributed by atoms with van der Waals surface area (Å²) < 4.78 is 9.90. The molecule has 4 heteroatoms. The number of esters is 2. The van der Waals surface area contributed by atoms with Crippen LogP contribution in [0.2, 0.25) is 0 Å². The summed E-state index contributed by atoms with van der Waals surface area (Å²) in [6, 6.07) is 0. The molecule has 0 aliphatic heterocycles. The Bertz CT molecular complexity index is 374. The highest BCUT2D eigenvalue weighted by Crippen LogP contribution is 2.59. The van der Waals surface area contributed by atoms with Gasteiger partial charge in [-0.15, -0.1) is 0 Å². The van der Waals surface area contributed by atoms with E-state index in [9.17, 15) is 9.59 Å². The van der Waals surface area contributed by atoms with Crippen molar-refractivity contribution in [3.8, 4) is 0 Å². The molecule has 0 heterocycles. The molecule has 102 valence electrons. The van der Waals surface area contributed by atoms with Gasteiger partial charge < -0.3 is 9.47 Å². The maximum atomic E-state index is 12.0. The molecule has 0 unspecified atom stereocenters. The molecule has 0 aromatic carbocycles. The van der Waals surface area contributed by atoms with Crippen LogP contribution >= 0.6 is 0 Å². The molecular formula is C14H22O4. The normalized spacial score (nSPS) is 25.9. The van der Waals surface area contributed by atoms with Crippen LogP contribution in [0.5, 0.6) is 0 Å². The number of hydrogen-bond donors (Lipinski definition) is 0. The lowest BCUT2D eigenvalue weighted by atomic mass is 10.1. The fourth-order valence-corrected chi connectivity index (χ4v) is 2.10. The van der Waals surface area contributed by atoms with E-state index in [4.69, 9.17) is 4.74 Å². The molecular weight excluding hydrogens is 232 g/mol. The predicted octanol–water partition coefficient (Wildman–Crippen LogP) is 2.33. The first-order chi connectivity index (χ1) is 8.09. The second-order valence-corrected chi connectivity index (χ2v) is 6.24. The van der Waals surface area contributed by atoms with E-state index in [1.807, 2.05) is 34.6 Å². The Hall–Kier alpha value is -1.32. The van der Waals surface area contributed by atoms with Crippen LogP contribution in [0.25, 0.3) is 0 Å². The number of carbonyl (C=O) groups is 2. The number of rotatable bonds is 3. The molecule has 0 spiro atoms. The van der Waals surface area contributed by atoms with Crippen LogP contribution in [0, 0.1) is 17.3 Å². The van der Waals surface area contributed by atoms with Gasteiger partial charge in [-0.05, 0) is 32.1 Å². The fraction of sp³-hybridized carbons (Fsp3) is 0.714. The van der Waals surface area contributed by atoms with Gasteiger partial charge in [0.05, 0.1) is 13.0 Å². The molecule has 1 aliphatic rings. The van der Waals surface area contributed by atoms with Crippen molar-refractivity contribution in [2.45, 2.75) is 40.2 Å². The van der Waals surface area contributed by atoms with Gasteiger partial charge in [-0.1, -0.05) is 19.9 Å². The van der Waals surface area contributed by atoms with Crippen LogP contribution < -0.4 is 0 Å². The molecule has 1 saturated carbocycles. The number of carbonyl (C=O) groups excluding carboxylic acids is 2. The monoisotopic (exact) mass is 254 g/mol. The highest BCUT2D eigenvalue weighted by atomic mass is 16.6. The Morgan fingerprint density at radius 1 is 1.22 bits per heavy atom. The molecule has 2 atom stereocenters. The zero-order chi connectivity index (χ0) is 14.1. The molecule has 1 fully saturated rings. The van der Waals surface area contributed by atoms with Gasteiger partial charge in [-0.25, -0.2) is 4.79 Å². The average molecular weight is 254 g/mol. The van der Waals surface area contributed by atoms with Crippen molar-refractivity contribution in [1.29, 1.82) is 0 Å². The quantitative estimate of drug-likeness (QED) is 0.573. The highest BCUT2D eigenvalue weighted by molar-refractivity contribution is 5.83. The van der Waals surface area contributed by atoms with E-state index < -0.39 is 11.6 Å².